The molecule has 0 saturated heterocycles. The molecule has 0 saturated carbocycles. The summed E-state index contributed by atoms with van der Waals surface area (Å²) in [7, 11) is 0. The highest BCUT2D eigenvalue weighted by atomic mass is 32.2. The van der Waals surface area contributed by atoms with Crippen LogP contribution in [0.4, 0.5) is 17.1 Å². The number of rotatable bonds is 8. The van der Waals surface area contributed by atoms with E-state index in [0.29, 0.717) is 11.4 Å². The standard InChI is InChI=1S/C29H22N4O4S/c34-28(21-8-4-10-24(16-21)33(36)37)31-22-9-5-11-25(17-22)38-27(20-6-2-1-3-7-20)29(35)32-23-13-12-19-14-15-30-26(19)18-23/h1-18,27,30H,(H,31,34)(H,32,35). The maximum Gasteiger partial charge on any atom is 0.270 e. The number of aromatic amines is 1. The zero-order valence-electron chi connectivity index (χ0n) is 20.0. The molecule has 38 heavy (non-hydrogen) atoms. The lowest BCUT2D eigenvalue weighted by atomic mass is 10.1. The predicted molar refractivity (Wildman–Crippen MR) is 149 cm³/mol. The van der Waals surface area contributed by atoms with E-state index in [1.165, 1.54) is 36.0 Å². The number of carbonyl (C=O) groups is 2. The first-order chi connectivity index (χ1) is 18.5. The number of nitrogens with one attached hydrogen (secondary N) is 3. The summed E-state index contributed by atoms with van der Waals surface area (Å²) in [5, 5.41) is 17.4. The van der Waals surface area contributed by atoms with Crippen LogP contribution in [0.5, 0.6) is 0 Å². The number of nitro groups is 1. The lowest BCUT2D eigenvalue weighted by Crippen LogP contribution is -2.19. The molecule has 0 aliphatic rings. The molecule has 0 bridgehead atoms. The summed E-state index contributed by atoms with van der Waals surface area (Å²) in [6.07, 6.45) is 1.85. The number of hydrogen-bond acceptors (Lipinski definition) is 5. The van der Waals surface area contributed by atoms with Gasteiger partial charge in [-0.2, -0.15) is 0 Å². The molecule has 1 aromatic heterocycles. The fourth-order valence-corrected chi connectivity index (χ4v) is 5.06. The van der Waals surface area contributed by atoms with Crippen LogP contribution in [0.15, 0.2) is 114 Å². The molecule has 8 nitrogen and oxygen atoms in total. The maximum absolute atomic E-state index is 13.5. The Bertz CT molecular complexity index is 1630. The molecule has 0 fully saturated rings. The number of nitrogens with zero attached hydrogens (tertiary/aromatic N) is 1. The summed E-state index contributed by atoms with van der Waals surface area (Å²) in [5.74, 6) is -0.647. The van der Waals surface area contributed by atoms with Gasteiger partial charge in [-0.05, 0) is 53.4 Å². The van der Waals surface area contributed by atoms with E-state index in [4.69, 9.17) is 0 Å². The van der Waals surface area contributed by atoms with Crippen molar-refractivity contribution in [1.29, 1.82) is 0 Å². The van der Waals surface area contributed by atoms with Gasteiger partial charge in [-0.15, -0.1) is 11.8 Å². The molecule has 4 aromatic carbocycles. The van der Waals surface area contributed by atoms with Gasteiger partial charge in [0.1, 0.15) is 5.25 Å². The second-order valence-corrected chi connectivity index (χ2v) is 9.65. The third-order valence-electron chi connectivity index (χ3n) is 5.83. The number of amides is 2. The van der Waals surface area contributed by atoms with E-state index in [9.17, 15) is 19.7 Å². The molecule has 0 aliphatic carbocycles. The fraction of sp³-hybridized carbons (Fsp3) is 0.0345. The van der Waals surface area contributed by atoms with Crippen molar-refractivity contribution in [2.75, 3.05) is 10.6 Å². The highest BCUT2D eigenvalue weighted by Crippen LogP contribution is 2.37. The number of non-ortho nitro benzene ring substituents is 1. The van der Waals surface area contributed by atoms with E-state index >= 15 is 0 Å². The molecule has 9 heteroatoms. The van der Waals surface area contributed by atoms with E-state index in [2.05, 4.69) is 15.6 Å². The Hall–Kier alpha value is -4.89. The van der Waals surface area contributed by atoms with Gasteiger partial charge in [-0.1, -0.05) is 48.5 Å². The van der Waals surface area contributed by atoms with Crippen LogP contribution in [0.2, 0.25) is 0 Å². The summed E-state index contributed by atoms with van der Waals surface area (Å²) in [6, 6.07) is 29.8. The number of anilines is 2. The quantitative estimate of drug-likeness (QED) is 0.118. The van der Waals surface area contributed by atoms with Crippen LogP contribution in [0, 0.1) is 10.1 Å². The minimum atomic E-state index is -0.557. The molecule has 0 aliphatic heterocycles. The fourth-order valence-electron chi connectivity index (χ4n) is 3.98. The van der Waals surface area contributed by atoms with Gasteiger partial charge >= 0.3 is 0 Å². The van der Waals surface area contributed by atoms with Crippen LogP contribution < -0.4 is 10.6 Å². The lowest BCUT2D eigenvalue weighted by Gasteiger charge is -2.18. The van der Waals surface area contributed by atoms with Crippen molar-refractivity contribution in [2.45, 2.75) is 10.1 Å². The van der Waals surface area contributed by atoms with E-state index < -0.39 is 16.1 Å². The van der Waals surface area contributed by atoms with Gasteiger partial charge in [0, 0.05) is 45.7 Å². The van der Waals surface area contributed by atoms with E-state index in [1.54, 1.807) is 18.2 Å². The molecule has 1 heterocycles. The number of hydrogen-bond donors (Lipinski definition) is 3. The van der Waals surface area contributed by atoms with Gasteiger partial charge in [0.05, 0.1) is 4.92 Å². The summed E-state index contributed by atoms with van der Waals surface area (Å²) in [6.45, 7) is 0. The Morgan fingerprint density at radius 1 is 0.816 bits per heavy atom. The first kappa shape index (κ1) is 24.8. The number of carbonyl (C=O) groups excluding carboxylic acids is 2. The Morgan fingerprint density at radius 3 is 2.42 bits per heavy atom. The van der Waals surface area contributed by atoms with Crippen LogP contribution in [-0.2, 0) is 4.79 Å². The largest absolute Gasteiger partial charge is 0.361 e. The predicted octanol–water partition coefficient (Wildman–Crippen LogP) is 6.80. The molecule has 5 rings (SSSR count). The molecule has 5 aromatic rings. The van der Waals surface area contributed by atoms with Gasteiger partial charge in [-0.3, -0.25) is 19.7 Å². The molecular formula is C29H22N4O4S. The van der Waals surface area contributed by atoms with Gasteiger partial charge in [0.2, 0.25) is 5.91 Å². The first-order valence-electron chi connectivity index (χ1n) is 11.7. The normalized spacial score (nSPS) is 11.6. The maximum atomic E-state index is 13.5. The summed E-state index contributed by atoms with van der Waals surface area (Å²) in [5.41, 5.74) is 2.98. The summed E-state index contributed by atoms with van der Waals surface area (Å²) in [4.78, 5) is 40.6. The van der Waals surface area contributed by atoms with Crippen molar-refractivity contribution in [3.63, 3.8) is 0 Å². The number of thioether (sulfide) groups is 1. The average Bonchev–Trinajstić information content (AvgIpc) is 3.40. The molecule has 1 atom stereocenters. The minimum absolute atomic E-state index is 0.158. The van der Waals surface area contributed by atoms with Crippen molar-refractivity contribution in [3.05, 3.63) is 131 Å². The SMILES string of the molecule is O=C(Nc1cccc(SC(C(=O)Nc2ccc3cc[nH]c3c2)c2ccccc2)c1)c1cccc([N+](=O)[O-])c1. The van der Waals surface area contributed by atoms with Gasteiger partial charge in [-0.25, -0.2) is 0 Å². The second-order valence-electron chi connectivity index (χ2n) is 8.47. The second kappa shape index (κ2) is 11.0. The number of benzene rings is 4. The van der Waals surface area contributed by atoms with E-state index in [0.717, 1.165) is 21.4 Å². The summed E-state index contributed by atoms with van der Waals surface area (Å²) >= 11 is 1.36. The topological polar surface area (TPSA) is 117 Å². The van der Waals surface area contributed by atoms with E-state index in [1.807, 2.05) is 66.9 Å². The zero-order valence-corrected chi connectivity index (χ0v) is 20.8. The number of H-pyrrole nitrogens is 1. The highest BCUT2D eigenvalue weighted by molar-refractivity contribution is 8.00. The third-order valence-corrected chi connectivity index (χ3v) is 7.08. The van der Waals surface area contributed by atoms with Crippen LogP contribution in [0.1, 0.15) is 21.2 Å². The highest BCUT2D eigenvalue weighted by Gasteiger charge is 2.23. The van der Waals surface area contributed by atoms with Crippen molar-refractivity contribution in [1.82, 2.24) is 4.98 Å². The van der Waals surface area contributed by atoms with Gasteiger partial charge in [0.15, 0.2) is 0 Å². The monoisotopic (exact) mass is 522 g/mol. The molecule has 2 amide bonds. The van der Waals surface area contributed by atoms with Crippen molar-refractivity contribution in [2.24, 2.45) is 0 Å². The molecule has 0 spiro atoms. The molecule has 188 valence electrons. The number of aromatic nitrogens is 1. The Morgan fingerprint density at radius 2 is 1.61 bits per heavy atom. The Balaban J connectivity index is 1.35. The smallest absolute Gasteiger partial charge is 0.270 e. The third kappa shape index (κ3) is 5.74. The van der Waals surface area contributed by atoms with Crippen LogP contribution in [-0.4, -0.2) is 21.7 Å². The summed E-state index contributed by atoms with van der Waals surface area (Å²) < 4.78 is 0. The van der Waals surface area contributed by atoms with Crippen LogP contribution >= 0.6 is 11.8 Å². The number of fused-ring (bicyclic) bond motifs is 1. The first-order valence-corrected chi connectivity index (χ1v) is 12.6. The van der Waals surface area contributed by atoms with Crippen molar-refractivity contribution in [3.8, 4) is 0 Å². The molecule has 0 radical (unpaired) electrons. The van der Waals surface area contributed by atoms with Crippen LogP contribution in [0.3, 0.4) is 0 Å². The minimum Gasteiger partial charge on any atom is -0.361 e. The molecule has 3 N–H and O–H groups in total. The molecule has 1 unspecified atom stereocenters. The van der Waals surface area contributed by atoms with Gasteiger partial charge in [0.25, 0.3) is 11.6 Å². The Labute approximate surface area is 222 Å². The Kier molecular flexibility index (Phi) is 7.19. The average molecular weight is 523 g/mol. The van der Waals surface area contributed by atoms with E-state index in [-0.39, 0.29) is 17.2 Å². The lowest BCUT2D eigenvalue weighted by molar-refractivity contribution is -0.384. The van der Waals surface area contributed by atoms with Gasteiger partial charge < -0.3 is 15.6 Å². The van der Waals surface area contributed by atoms with Crippen molar-refractivity contribution < 1.29 is 14.5 Å². The zero-order chi connectivity index (χ0) is 26.5. The van der Waals surface area contributed by atoms with Crippen LogP contribution in [0.25, 0.3) is 10.9 Å². The number of nitro benzene ring substituents is 1. The van der Waals surface area contributed by atoms with Crippen molar-refractivity contribution >= 4 is 51.5 Å². The molecular weight excluding hydrogens is 500 g/mol.